The molecule has 0 aliphatic heterocycles. The van der Waals surface area contributed by atoms with Gasteiger partial charge in [0.15, 0.2) is 0 Å². The van der Waals surface area contributed by atoms with Crippen molar-refractivity contribution in [1.29, 1.82) is 0 Å². The van der Waals surface area contributed by atoms with Crippen molar-refractivity contribution >= 4 is 0 Å². The molecule has 1 nitrogen and oxygen atoms in total. The Morgan fingerprint density at radius 2 is 1.86 bits per heavy atom. The van der Waals surface area contributed by atoms with Gasteiger partial charge in [-0.1, -0.05) is 34.1 Å². The van der Waals surface area contributed by atoms with Crippen LogP contribution in [0.5, 0.6) is 0 Å². The minimum Gasteiger partial charge on any atom is -0.311 e. The van der Waals surface area contributed by atoms with E-state index in [-0.39, 0.29) is 0 Å². The molecule has 1 fully saturated rings. The van der Waals surface area contributed by atoms with E-state index >= 15 is 0 Å². The van der Waals surface area contributed by atoms with E-state index in [1.807, 2.05) is 0 Å². The zero-order chi connectivity index (χ0) is 10.8. The molecule has 0 unspecified atom stereocenters. The molecular formula is C13H27N. The molecular weight excluding hydrogens is 170 g/mol. The van der Waals surface area contributed by atoms with Gasteiger partial charge in [0.2, 0.25) is 0 Å². The second-order valence-electron chi connectivity index (χ2n) is 6.16. The molecule has 0 bridgehead atoms. The Morgan fingerprint density at radius 3 is 2.36 bits per heavy atom. The fourth-order valence-electron chi connectivity index (χ4n) is 2.40. The van der Waals surface area contributed by atoms with Gasteiger partial charge in [-0.3, -0.25) is 0 Å². The minimum absolute atomic E-state index is 0.562. The summed E-state index contributed by atoms with van der Waals surface area (Å²) in [5.41, 5.74) is 0.562. The van der Waals surface area contributed by atoms with E-state index in [4.69, 9.17) is 0 Å². The lowest BCUT2D eigenvalue weighted by Crippen LogP contribution is -2.43. The van der Waals surface area contributed by atoms with Gasteiger partial charge in [0.05, 0.1) is 0 Å². The van der Waals surface area contributed by atoms with Gasteiger partial charge >= 0.3 is 0 Å². The van der Waals surface area contributed by atoms with Gasteiger partial charge in [-0.05, 0) is 37.5 Å². The van der Waals surface area contributed by atoms with Gasteiger partial charge in [0.25, 0.3) is 0 Å². The molecule has 1 saturated carbocycles. The molecule has 1 aliphatic carbocycles. The van der Waals surface area contributed by atoms with E-state index in [0.717, 1.165) is 12.0 Å². The number of hydrogen-bond acceptors (Lipinski definition) is 1. The van der Waals surface area contributed by atoms with Crippen LogP contribution in [0.1, 0.15) is 60.3 Å². The molecule has 1 aliphatic rings. The van der Waals surface area contributed by atoms with Crippen LogP contribution in [0.3, 0.4) is 0 Å². The van der Waals surface area contributed by atoms with Crippen molar-refractivity contribution in [1.82, 2.24) is 5.32 Å². The molecule has 0 radical (unpaired) electrons. The summed E-state index contributed by atoms with van der Waals surface area (Å²) in [4.78, 5) is 0. The van der Waals surface area contributed by atoms with Crippen LogP contribution in [0.25, 0.3) is 0 Å². The summed E-state index contributed by atoms with van der Waals surface area (Å²) >= 11 is 0. The SMILES string of the molecule is CC(C)[C@@H](C)N[C@@H]1CCCC(C)(C)C1. The number of rotatable bonds is 3. The van der Waals surface area contributed by atoms with Crippen molar-refractivity contribution < 1.29 is 0 Å². The van der Waals surface area contributed by atoms with Crippen LogP contribution in [-0.2, 0) is 0 Å². The van der Waals surface area contributed by atoms with Gasteiger partial charge in [-0.25, -0.2) is 0 Å². The Morgan fingerprint density at radius 1 is 1.21 bits per heavy atom. The highest BCUT2D eigenvalue weighted by Crippen LogP contribution is 2.35. The normalized spacial score (nSPS) is 29.1. The van der Waals surface area contributed by atoms with Gasteiger partial charge in [-0.2, -0.15) is 0 Å². The Kier molecular flexibility index (Phi) is 4.00. The fourth-order valence-corrected chi connectivity index (χ4v) is 2.40. The van der Waals surface area contributed by atoms with Crippen LogP contribution >= 0.6 is 0 Å². The summed E-state index contributed by atoms with van der Waals surface area (Å²) in [6.45, 7) is 11.7. The van der Waals surface area contributed by atoms with Gasteiger partial charge < -0.3 is 5.32 Å². The van der Waals surface area contributed by atoms with Crippen molar-refractivity contribution in [2.24, 2.45) is 11.3 Å². The van der Waals surface area contributed by atoms with E-state index in [9.17, 15) is 0 Å². The molecule has 0 aromatic carbocycles. The van der Waals surface area contributed by atoms with Crippen LogP contribution in [0, 0.1) is 11.3 Å². The maximum Gasteiger partial charge on any atom is 0.00747 e. The summed E-state index contributed by atoms with van der Waals surface area (Å²) < 4.78 is 0. The molecule has 0 heterocycles. The maximum atomic E-state index is 3.77. The molecule has 0 aromatic rings. The second kappa shape index (κ2) is 4.65. The number of nitrogens with one attached hydrogen (secondary N) is 1. The molecule has 0 saturated heterocycles. The van der Waals surface area contributed by atoms with Crippen molar-refractivity contribution in [3.8, 4) is 0 Å². The second-order valence-corrected chi connectivity index (χ2v) is 6.16. The van der Waals surface area contributed by atoms with Crippen LogP contribution in [0.2, 0.25) is 0 Å². The largest absolute Gasteiger partial charge is 0.311 e. The van der Waals surface area contributed by atoms with Crippen LogP contribution in [-0.4, -0.2) is 12.1 Å². The summed E-state index contributed by atoms with van der Waals surface area (Å²) in [6, 6.07) is 1.42. The quantitative estimate of drug-likeness (QED) is 0.729. The predicted molar refractivity (Wildman–Crippen MR) is 63.5 cm³/mol. The average Bonchev–Trinajstić information content (AvgIpc) is 2.01. The molecule has 0 spiro atoms. The van der Waals surface area contributed by atoms with Gasteiger partial charge in [0.1, 0.15) is 0 Å². The molecule has 14 heavy (non-hydrogen) atoms. The van der Waals surface area contributed by atoms with E-state index in [2.05, 4.69) is 39.9 Å². The van der Waals surface area contributed by atoms with E-state index in [1.165, 1.54) is 25.7 Å². The minimum atomic E-state index is 0.562. The topological polar surface area (TPSA) is 12.0 Å². The highest BCUT2D eigenvalue weighted by Gasteiger charge is 2.28. The summed E-state index contributed by atoms with van der Waals surface area (Å²) in [5.74, 6) is 0.750. The Balaban J connectivity index is 2.38. The first kappa shape index (κ1) is 12.0. The van der Waals surface area contributed by atoms with Crippen LogP contribution in [0.4, 0.5) is 0 Å². The van der Waals surface area contributed by atoms with Gasteiger partial charge in [0, 0.05) is 12.1 Å². The van der Waals surface area contributed by atoms with Crippen LogP contribution < -0.4 is 5.32 Å². The molecule has 0 aromatic heterocycles. The third kappa shape index (κ3) is 3.61. The van der Waals surface area contributed by atoms with Crippen molar-refractivity contribution in [3.05, 3.63) is 0 Å². The van der Waals surface area contributed by atoms with Gasteiger partial charge in [-0.15, -0.1) is 0 Å². The zero-order valence-electron chi connectivity index (χ0n) is 10.6. The highest BCUT2D eigenvalue weighted by molar-refractivity contribution is 4.85. The third-order valence-electron chi connectivity index (χ3n) is 3.70. The first-order chi connectivity index (χ1) is 6.41. The molecule has 1 rings (SSSR count). The van der Waals surface area contributed by atoms with Crippen molar-refractivity contribution in [2.75, 3.05) is 0 Å². The molecule has 84 valence electrons. The van der Waals surface area contributed by atoms with Crippen molar-refractivity contribution in [3.63, 3.8) is 0 Å². The monoisotopic (exact) mass is 197 g/mol. The molecule has 0 amide bonds. The third-order valence-corrected chi connectivity index (χ3v) is 3.70. The molecule has 1 heteroatoms. The predicted octanol–water partition coefficient (Wildman–Crippen LogP) is 3.59. The average molecular weight is 197 g/mol. The zero-order valence-corrected chi connectivity index (χ0v) is 10.6. The first-order valence-corrected chi connectivity index (χ1v) is 6.17. The lowest BCUT2D eigenvalue weighted by atomic mass is 9.75. The molecule has 1 N–H and O–H groups in total. The smallest absolute Gasteiger partial charge is 0.00747 e. The summed E-state index contributed by atoms with van der Waals surface area (Å²) in [5, 5.41) is 3.77. The first-order valence-electron chi connectivity index (χ1n) is 6.17. The van der Waals surface area contributed by atoms with E-state index < -0.39 is 0 Å². The summed E-state index contributed by atoms with van der Waals surface area (Å²) in [6.07, 6.45) is 5.53. The Labute approximate surface area is 89.7 Å². The van der Waals surface area contributed by atoms with E-state index in [0.29, 0.717) is 11.5 Å². The number of hydrogen-bond donors (Lipinski definition) is 1. The highest BCUT2D eigenvalue weighted by atomic mass is 15.0. The van der Waals surface area contributed by atoms with Crippen molar-refractivity contribution in [2.45, 2.75) is 72.4 Å². The lowest BCUT2D eigenvalue weighted by molar-refractivity contribution is 0.183. The summed E-state index contributed by atoms with van der Waals surface area (Å²) in [7, 11) is 0. The maximum absolute atomic E-state index is 3.77. The van der Waals surface area contributed by atoms with E-state index in [1.54, 1.807) is 0 Å². The Bertz CT molecular complexity index is 172. The Hall–Kier alpha value is -0.0400. The molecule has 2 atom stereocenters. The lowest BCUT2D eigenvalue weighted by Gasteiger charge is -2.37. The standard InChI is InChI=1S/C13H27N/c1-10(2)11(3)14-12-7-6-8-13(4,5)9-12/h10-12,14H,6-9H2,1-5H3/t11-,12-/m1/s1. The fraction of sp³-hybridized carbons (Fsp3) is 1.00. The van der Waals surface area contributed by atoms with Crippen LogP contribution in [0.15, 0.2) is 0 Å².